The highest BCUT2D eigenvalue weighted by Crippen LogP contribution is 2.44. The SMILES string of the molecule is CCOC(=O)C=C1CSC2=C(C(=O)OCC)C(C)CN12. The van der Waals surface area contributed by atoms with Crippen LogP contribution in [-0.2, 0) is 19.1 Å². The summed E-state index contributed by atoms with van der Waals surface area (Å²) >= 11 is 1.58. The molecule has 0 radical (unpaired) electrons. The van der Waals surface area contributed by atoms with Crippen molar-refractivity contribution in [3.8, 4) is 0 Å². The highest BCUT2D eigenvalue weighted by Gasteiger charge is 2.39. The molecule has 0 bridgehead atoms. The number of carbonyl (C=O) groups excluding carboxylic acids is 2. The highest BCUT2D eigenvalue weighted by molar-refractivity contribution is 8.03. The van der Waals surface area contributed by atoms with Crippen LogP contribution in [0.2, 0.25) is 0 Å². The lowest BCUT2D eigenvalue weighted by Gasteiger charge is -2.15. The van der Waals surface area contributed by atoms with Crippen molar-refractivity contribution >= 4 is 23.7 Å². The van der Waals surface area contributed by atoms with Gasteiger partial charge >= 0.3 is 11.9 Å². The number of fused-ring (bicyclic) bond motifs is 1. The Kier molecular flexibility index (Phi) is 4.75. The van der Waals surface area contributed by atoms with Crippen molar-refractivity contribution in [1.82, 2.24) is 4.90 Å². The lowest BCUT2D eigenvalue weighted by atomic mass is 10.1. The van der Waals surface area contributed by atoms with Crippen LogP contribution < -0.4 is 0 Å². The zero-order valence-corrected chi connectivity index (χ0v) is 12.8. The van der Waals surface area contributed by atoms with Gasteiger partial charge < -0.3 is 14.4 Å². The summed E-state index contributed by atoms with van der Waals surface area (Å²) in [6.45, 7) is 7.03. The van der Waals surface area contributed by atoms with Gasteiger partial charge in [0, 0.05) is 30.0 Å². The molecule has 2 heterocycles. The van der Waals surface area contributed by atoms with Crippen molar-refractivity contribution in [3.63, 3.8) is 0 Å². The average molecular weight is 297 g/mol. The molecule has 0 aromatic heterocycles. The molecule has 110 valence electrons. The summed E-state index contributed by atoms with van der Waals surface area (Å²) in [6.07, 6.45) is 1.52. The first-order chi connectivity index (χ1) is 9.58. The molecular formula is C14H19NO4S. The Morgan fingerprint density at radius 2 is 2.05 bits per heavy atom. The second kappa shape index (κ2) is 6.35. The zero-order chi connectivity index (χ0) is 14.7. The first kappa shape index (κ1) is 15.0. The summed E-state index contributed by atoms with van der Waals surface area (Å²) < 4.78 is 10.0. The molecule has 0 saturated carbocycles. The third-order valence-corrected chi connectivity index (χ3v) is 4.35. The Labute approximate surface area is 123 Å². The maximum atomic E-state index is 12.0. The van der Waals surface area contributed by atoms with Gasteiger partial charge in [0.05, 0.1) is 23.8 Å². The van der Waals surface area contributed by atoms with E-state index < -0.39 is 0 Å². The molecule has 1 fully saturated rings. The topological polar surface area (TPSA) is 55.8 Å². The van der Waals surface area contributed by atoms with E-state index in [-0.39, 0.29) is 17.9 Å². The largest absolute Gasteiger partial charge is 0.463 e. The Hall–Kier alpha value is -1.43. The van der Waals surface area contributed by atoms with Gasteiger partial charge in [0.2, 0.25) is 0 Å². The molecule has 0 spiro atoms. The number of rotatable bonds is 4. The molecular weight excluding hydrogens is 278 g/mol. The molecule has 1 atom stereocenters. The van der Waals surface area contributed by atoms with E-state index in [2.05, 4.69) is 0 Å². The zero-order valence-electron chi connectivity index (χ0n) is 12.0. The van der Waals surface area contributed by atoms with E-state index in [0.717, 1.165) is 16.3 Å². The standard InChI is InChI=1S/C14H19NO4S/c1-4-18-11(16)6-10-8-20-13-12(14(17)19-5-2)9(3)7-15(10)13/h6,9H,4-5,7-8H2,1-3H3. The van der Waals surface area contributed by atoms with Crippen LogP contribution >= 0.6 is 11.8 Å². The fraction of sp³-hybridized carbons (Fsp3) is 0.571. The Morgan fingerprint density at radius 1 is 1.35 bits per heavy atom. The maximum absolute atomic E-state index is 12.0. The Bertz CT molecular complexity index is 484. The summed E-state index contributed by atoms with van der Waals surface area (Å²) in [4.78, 5) is 25.6. The maximum Gasteiger partial charge on any atom is 0.337 e. The number of esters is 2. The first-order valence-corrected chi connectivity index (χ1v) is 7.76. The number of carbonyl (C=O) groups is 2. The van der Waals surface area contributed by atoms with Crippen molar-refractivity contribution in [2.45, 2.75) is 20.8 Å². The third kappa shape index (κ3) is 2.85. The van der Waals surface area contributed by atoms with Crippen LogP contribution in [0, 0.1) is 5.92 Å². The normalized spacial score (nSPS) is 23.2. The molecule has 0 aliphatic carbocycles. The van der Waals surface area contributed by atoms with E-state index in [9.17, 15) is 9.59 Å². The third-order valence-electron chi connectivity index (χ3n) is 3.19. The Balaban J connectivity index is 2.21. The summed E-state index contributed by atoms with van der Waals surface area (Å²) in [5, 5.41) is 0.923. The summed E-state index contributed by atoms with van der Waals surface area (Å²) in [5.41, 5.74) is 1.62. The molecule has 2 rings (SSSR count). The number of nitrogens with zero attached hydrogens (tertiary/aromatic N) is 1. The molecule has 1 saturated heterocycles. The molecule has 5 nitrogen and oxygen atoms in total. The summed E-state index contributed by atoms with van der Waals surface area (Å²) in [6, 6.07) is 0. The molecule has 20 heavy (non-hydrogen) atoms. The van der Waals surface area contributed by atoms with Gasteiger partial charge in [0.25, 0.3) is 0 Å². The number of thioether (sulfide) groups is 1. The smallest absolute Gasteiger partial charge is 0.337 e. The predicted octanol–water partition coefficient (Wildman–Crippen LogP) is 1.91. The van der Waals surface area contributed by atoms with E-state index in [4.69, 9.17) is 9.47 Å². The molecule has 2 aliphatic rings. The Morgan fingerprint density at radius 3 is 2.70 bits per heavy atom. The van der Waals surface area contributed by atoms with E-state index in [0.29, 0.717) is 25.5 Å². The first-order valence-electron chi connectivity index (χ1n) is 6.77. The van der Waals surface area contributed by atoms with Crippen LogP contribution in [0.15, 0.2) is 22.4 Å². The lowest BCUT2D eigenvalue weighted by Crippen LogP contribution is -2.18. The van der Waals surface area contributed by atoms with Crippen molar-refractivity contribution < 1.29 is 19.1 Å². The van der Waals surface area contributed by atoms with Gasteiger partial charge in [-0.15, -0.1) is 11.8 Å². The predicted molar refractivity (Wildman–Crippen MR) is 76.7 cm³/mol. The van der Waals surface area contributed by atoms with Crippen LogP contribution in [0.25, 0.3) is 0 Å². The van der Waals surface area contributed by atoms with Crippen molar-refractivity contribution in [1.29, 1.82) is 0 Å². The van der Waals surface area contributed by atoms with Crippen LogP contribution in [0.1, 0.15) is 20.8 Å². The minimum Gasteiger partial charge on any atom is -0.463 e. The van der Waals surface area contributed by atoms with Gasteiger partial charge in [-0.2, -0.15) is 0 Å². The van der Waals surface area contributed by atoms with E-state index in [1.807, 2.05) is 11.8 Å². The second-order valence-corrected chi connectivity index (χ2v) is 5.59. The van der Waals surface area contributed by atoms with Gasteiger partial charge in [0.1, 0.15) is 0 Å². The molecule has 1 unspecified atom stereocenters. The fourth-order valence-electron chi connectivity index (χ4n) is 2.36. The van der Waals surface area contributed by atoms with E-state index >= 15 is 0 Å². The number of ether oxygens (including phenoxy) is 2. The van der Waals surface area contributed by atoms with Crippen LogP contribution in [0.4, 0.5) is 0 Å². The van der Waals surface area contributed by atoms with E-state index in [1.54, 1.807) is 25.6 Å². The van der Waals surface area contributed by atoms with Crippen molar-refractivity contribution in [2.75, 3.05) is 25.5 Å². The summed E-state index contributed by atoms with van der Waals surface area (Å²) in [7, 11) is 0. The lowest BCUT2D eigenvalue weighted by molar-refractivity contribution is -0.139. The van der Waals surface area contributed by atoms with Gasteiger partial charge in [-0.3, -0.25) is 0 Å². The monoisotopic (exact) mass is 297 g/mol. The van der Waals surface area contributed by atoms with Gasteiger partial charge in [0.15, 0.2) is 0 Å². The van der Waals surface area contributed by atoms with Gasteiger partial charge in [-0.25, -0.2) is 9.59 Å². The molecule has 2 aliphatic heterocycles. The fourth-order valence-corrected chi connectivity index (χ4v) is 3.68. The van der Waals surface area contributed by atoms with Gasteiger partial charge in [-0.1, -0.05) is 6.92 Å². The molecule has 0 aromatic rings. The van der Waals surface area contributed by atoms with E-state index in [1.165, 1.54) is 6.08 Å². The van der Waals surface area contributed by atoms with Crippen LogP contribution in [-0.4, -0.2) is 42.3 Å². The quantitative estimate of drug-likeness (QED) is 0.583. The highest BCUT2D eigenvalue weighted by atomic mass is 32.2. The number of hydrogen-bond acceptors (Lipinski definition) is 6. The number of hydrogen-bond donors (Lipinski definition) is 0. The minimum atomic E-state index is -0.332. The molecule has 0 aromatic carbocycles. The van der Waals surface area contributed by atoms with Crippen LogP contribution in [0.3, 0.4) is 0 Å². The second-order valence-electron chi connectivity index (χ2n) is 4.63. The molecule has 0 amide bonds. The molecule has 0 N–H and O–H groups in total. The van der Waals surface area contributed by atoms with Crippen molar-refractivity contribution in [3.05, 3.63) is 22.4 Å². The van der Waals surface area contributed by atoms with Gasteiger partial charge in [-0.05, 0) is 13.8 Å². The average Bonchev–Trinajstić information content (AvgIpc) is 2.89. The van der Waals surface area contributed by atoms with Crippen molar-refractivity contribution in [2.24, 2.45) is 5.92 Å². The minimum absolute atomic E-state index is 0.113. The summed E-state index contributed by atoms with van der Waals surface area (Å²) in [5.74, 6) is 0.218. The molecule has 6 heteroatoms. The van der Waals surface area contributed by atoms with Crippen LogP contribution in [0.5, 0.6) is 0 Å².